The van der Waals surface area contributed by atoms with E-state index in [1.165, 1.54) is 0 Å². The number of benzene rings is 3. The standard InChI is InChI=1S/C22H22F3N/c1-16(20-13-5-10-18-9-2-3-12-21(18)20)26-14-6-8-17-7-4-11-19(15-17)22(23,24)25/h2-5,7,9-13,15-16,26H,6,8,14H2,1H3/t16-/m1/s1/i4D,6D2,7D,11D,15D. The Bertz CT molecular complexity index is 1140. The molecule has 0 fully saturated rings. The van der Waals surface area contributed by atoms with Crippen LogP contribution in [0, 0.1) is 0 Å². The van der Waals surface area contributed by atoms with E-state index in [0.717, 1.165) is 16.3 Å². The molecule has 0 spiro atoms. The van der Waals surface area contributed by atoms with Crippen molar-refractivity contribution in [2.45, 2.75) is 31.9 Å². The van der Waals surface area contributed by atoms with Crippen LogP contribution in [0.25, 0.3) is 10.8 Å². The maximum atomic E-state index is 13.3. The van der Waals surface area contributed by atoms with Crippen molar-refractivity contribution in [2.24, 2.45) is 0 Å². The van der Waals surface area contributed by atoms with E-state index in [1.54, 1.807) is 0 Å². The molecule has 0 unspecified atom stereocenters. The largest absolute Gasteiger partial charge is 0.416 e. The Hall–Kier alpha value is -2.33. The van der Waals surface area contributed by atoms with Gasteiger partial charge in [-0.1, -0.05) is 60.6 Å². The molecule has 0 aromatic heterocycles. The van der Waals surface area contributed by atoms with Crippen LogP contribution in [0.5, 0.6) is 0 Å². The van der Waals surface area contributed by atoms with E-state index in [-0.39, 0.29) is 12.6 Å². The number of hydrogen-bond donors (Lipinski definition) is 1. The molecule has 26 heavy (non-hydrogen) atoms. The molecule has 3 aromatic carbocycles. The average Bonchev–Trinajstić information content (AvgIpc) is 2.72. The first-order valence-electron chi connectivity index (χ1n) is 11.2. The van der Waals surface area contributed by atoms with Gasteiger partial charge < -0.3 is 5.32 Å². The highest BCUT2D eigenvalue weighted by atomic mass is 19.4. The molecular formula is C22H22F3N. The Morgan fingerprint density at radius 1 is 1.12 bits per heavy atom. The van der Waals surface area contributed by atoms with Crippen LogP contribution in [0.15, 0.2) is 66.6 Å². The van der Waals surface area contributed by atoms with Gasteiger partial charge in [0.15, 0.2) is 0 Å². The van der Waals surface area contributed by atoms with Crippen LogP contribution < -0.4 is 5.32 Å². The lowest BCUT2D eigenvalue weighted by molar-refractivity contribution is -0.137. The summed E-state index contributed by atoms with van der Waals surface area (Å²) in [6.45, 7) is 1.61. The van der Waals surface area contributed by atoms with Gasteiger partial charge in [-0.25, -0.2) is 0 Å². The predicted molar refractivity (Wildman–Crippen MR) is 100 cm³/mol. The van der Waals surface area contributed by atoms with Crippen molar-refractivity contribution in [3.8, 4) is 0 Å². The average molecular weight is 363 g/mol. The maximum absolute atomic E-state index is 13.3. The van der Waals surface area contributed by atoms with E-state index in [0.29, 0.717) is 0 Å². The quantitative estimate of drug-likeness (QED) is 0.554. The zero-order valence-corrected chi connectivity index (χ0v) is 14.2. The summed E-state index contributed by atoms with van der Waals surface area (Å²) in [7, 11) is 0. The van der Waals surface area contributed by atoms with E-state index < -0.39 is 54.3 Å². The lowest BCUT2D eigenvalue weighted by Gasteiger charge is -2.17. The number of nitrogens with one attached hydrogen (secondary N) is 1. The lowest BCUT2D eigenvalue weighted by Crippen LogP contribution is -2.20. The van der Waals surface area contributed by atoms with Crippen LogP contribution in [0.4, 0.5) is 13.2 Å². The molecule has 1 N–H and O–H groups in total. The molecular weight excluding hydrogens is 335 g/mol. The third kappa shape index (κ3) is 4.44. The first-order valence-corrected chi connectivity index (χ1v) is 8.21. The van der Waals surface area contributed by atoms with Gasteiger partial charge in [-0.2, -0.15) is 13.2 Å². The minimum atomic E-state index is -5.04. The van der Waals surface area contributed by atoms with E-state index >= 15 is 0 Å². The number of rotatable bonds is 6. The van der Waals surface area contributed by atoms with Gasteiger partial charge in [-0.05, 0) is 54.2 Å². The zero-order valence-electron chi connectivity index (χ0n) is 20.2. The van der Waals surface area contributed by atoms with Gasteiger partial charge in [-0.3, -0.25) is 0 Å². The van der Waals surface area contributed by atoms with Crippen molar-refractivity contribution in [1.82, 2.24) is 5.32 Å². The molecule has 0 saturated heterocycles. The summed E-state index contributed by atoms with van der Waals surface area (Å²) in [6.07, 6.45) is -7.79. The van der Waals surface area contributed by atoms with Crippen molar-refractivity contribution in [1.29, 1.82) is 0 Å². The molecule has 0 saturated carbocycles. The van der Waals surface area contributed by atoms with Crippen LogP contribution in [0.1, 0.15) is 44.3 Å². The SMILES string of the molecule is [2H]c1c([2H])c(CC([2H])([2H])CN[C@H](C)c2cccc3ccccc23)c([2H])c(C(F)(F)F)c1[2H]. The monoisotopic (exact) mass is 363 g/mol. The summed E-state index contributed by atoms with van der Waals surface area (Å²) in [4.78, 5) is 0. The van der Waals surface area contributed by atoms with Gasteiger partial charge in [0.25, 0.3) is 0 Å². The van der Waals surface area contributed by atoms with Crippen molar-refractivity contribution in [3.63, 3.8) is 0 Å². The van der Waals surface area contributed by atoms with Crippen LogP contribution in [-0.4, -0.2) is 6.54 Å². The molecule has 3 aromatic rings. The molecule has 0 aliphatic carbocycles. The van der Waals surface area contributed by atoms with Crippen LogP contribution in [-0.2, 0) is 12.6 Å². The Labute approximate surface area is 160 Å². The molecule has 1 atom stereocenters. The second kappa shape index (κ2) is 7.92. The first-order chi connectivity index (χ1) is 14.8. The molecule has 136 valence electrons. The lowest BCUT2D eigenvalue weighted by atomic mass is 9.99. The van der Waals surface area contributed by atoms with Gasteiger partial charge >= 0.3 is 6.18 Å². The van der Waals surface area contributed by atoms with E-state index in [9.17, 15) is 13.2 Å². The summed E-state index contributed by atoms with van der Waals surface area (Å²) < 4.78 is 87.5. The molecule has 0 radical (unpaired) electrons. The highest BCUT2D eigenvalue weighted by Gasteiger charge is 2.30. The smallest absolute Gasteiger partial charge is 0.310 e. The summed E-state index contributed by atoms with van der Waals surface area (Å²) in [5, 5.41) is 5.08. The number of alkyl halides is 3. The summed E-state index contributed by atoms with van der Waals surface area (Å²) >= 11 is 0. The fourth-order valence-electron chi connectivity index (χ4n) is 2.76. The van der Waals surface area contributed by atoms with Gasteiger partial charge in [0.2, 0.25) is 0 Å². The maximum Gasteiger partial charge on any atom is 0.416 e. The Morgan fingerprint density at radius 2 is 1.88 bits per heavy atom. The Kier molecular flexibility index (Phi) is 3.69. The predicted octanol–water partition coefficient (Wildman–Crippen LogP) is 6.14. The Balaban J connectivity index is 1.85. The fraction of sp³-hybridized carbons (Fsp3) is 0.273. The van der Waals surface area contributed by atoms with Crippen molar-refractivity contribution in [2.75, 3.05) is 6.54 Å². The van der Waals surface area contributed by atoms with Crippen LogP contribution in [0.3, 0.4) is 0 Å². The minimum absolute atomic E-state index is 0.242. The van der Waals surface area contributed by atoms with Crippen molar-refractivity contribution < 1.29 is 21.4 Å². The summed E-state index contributed by atoms with van der Waals surface area (Å²) in [5.41, 5.74) is -1.20. The summed E-state index contributed by atoms with van der Waals surface area (Å²) in [6, 6.07) is 9.18. The normalized spacial score (nSPS) is 16.9. The fourth-order valence-corrected chi connectivity index (χ4v) is 2.76. The van der Waals surface area contributed by atoms with Gasteiger partial charge in [0.05, 0.1) is 11.0 Å². The molecule has 4 heteroatoms. The molecule has 0 aliphatic heterocycles. The van der Waals surface area contributed by atoms with Gasteiger partial charge in [0, 0.05) is 8.78 Å². The third-order valence-corrected chi connectivity index (χ3v) is 4.09. The molecule has 1 nitrogen and oxygen atoms in total. The second-order valence-electron chi connectivity index (χ2n) is 5.95. The highest BCUT2D eigenvalue weighted by molar-refractivity contribution is 5.86. The molecule has 3 rings (SSSR count). The Morgan fingerprint density at radius 3 is 2.69 bits per heavy atom. The molecule has 0 amide bonds. The van der Waals surface area contributed by atoms with Crippen molar-refractivity contribution >= 4 is 10.8 Å². The number of fused-ring (bicyclic) bond motifs is 1. The van der Waals surface area contributed by atoms with Gasteiger partial charge in [0.1, 0.15) is 0 Å². The van der Waals surface area contributed by atoms with Gasteiger partial charge in [-0.15, -0.1) is 0 Å². The number of hydrogen-bond acceptors (Lipinski definition) is 1. The van der Waals surface area contributed by atoms with E-state index in [2.05, 4.69) is 5.32 Å². The number of halogens is 3. The summed E-state index contributed by atoms with van der Waals surface area (Å²) in [5.74, 6) is 0. The van der Waals surface area contributed by atoms with Crippen LogP contribution in [0.2, 0.25) is 0 Å². The first kappa shape index (κ1) is 12.1. The van der Waals surface area contributed by atoms with E-state index in [4.69, 9.17) is 8.22 Å². The third-order valence-electron chi connectivity index (χ3n) is 4.09. The van der Waals surface area contributed by atoms with E-state index in [1.807, 2.05) is 49.4 Å². The molecule has 0 bridgehead atoms. The second-order valence-corrected chi connectivity index (χ2v) is 5.95. The minimum Gasteiger partial charge on any atom is -0.310 e. The molecule has 0 heterocycles. The topological polar surface area (TPSA) is 12.0 Å². The van der Waals surface area contributed by atoms with Crippen LogP contribution >= 0.6 is 0 Å². The molecule has 0 aliphatic rings. The highest BCUT2D eigenvalue weighted by Crippen LogP contribution is 2.29. The zero-order chi connectivity index (χ0) is 23.8. The van der Waals surface area contributed by atoms with Crippen molar-refractivity contribution in [3.05, 3.63) is 83.3 Å².